The first-order chi connectivity index (χ1) is 5.83. The molecule has 0 radical (unpaired) electrons. The Balaban J connectivity index is 0. The number of carboxylic acids is 1. The molecule has 0 rings (SSSR count). The molecule has 6 nitrogen and oxygen atoms in total. The van der Waals surface area contributed by atoms with Gasteiger partial charge in [0.2, 0.25) is 0 Å². The summed E-state index contributed by atoms with van der Waals surface area (Å²) in [5.41, 5.74) is 0. The van der Waals surface area contributed by atoms with Crippen LogP contribution in [0.2, 0.25) is 0 Å². The highest BCUT2D eigenvalue weighted by Crippen LogP contribution is 2.35. The van der Waals surface area contributed by atoms with E-state index in [2.05, 4.69) is 0 Å². The Kier molecular flexibility index (Phi) is 9.50. The number of rotatable bonds is 4. The maximum Gasteiger partial charge on any atom is 0.325 e. The molecule has 80 valence electrons. The maximum atomic E-state index is 10.1. The molecule has 13 heavy (non-hydrogen) atoms. The Hall–Kier alpha value is -0.420. The standard InChI is InChI=1S/C4H9O5P.C2H6O/c5-4(6)2-1-3-10(7,8)9;1-2-3/h1-3H2,(H,5,6)(H2,7,8,9);3H,2H2,1H3. The third kappa shape index (κ3) is 24.5. The zero-order valence-corrected chi connectivity index (χ0v) is 8.28. The molecule has 0 aliphatic rings. The van der Waals surface area contributed by atoms with Crippen LogP contribution in [0.25, 0.3) is 0 Å². The first kappa shape index (κ1) is 15.1. The van der Waals surface area contributed by atoms with Crippen molar-refractivity contribution in [1.29, 1.82) is 0 Å². The molecule has 0 aliphatic heterocycles. The highest BCUT2D eigenvalue weighted by atomic mass is 31.2. The van der Waals surface area contributed by atoms with Crippen LogP contribution in [0.5, 0.6) is 0 Å². The molecule has 7 heteroatoms. The summed E-state index contributed by atoms with van der Waals surface area (Å²) in [6.07, 6.45) is -0.510. The number of carbonyl (C=O) groups is 1. The number of carboxylic acid groups (broad SMARTS) is 1. The van der Waals surface area contributed by atoms with Gasteiger partial charge in [-0.1, -0.05) is 0 Å². The molecule has 0 aromatic heterocycles. The lowest BCUT2D eigenvalue weighted by Gasteiger charge is -1.99. The fourth-order valence-corrected chi connectivity index (χ4v) is 1.01. The van der Waals surface area contributed by atoms with E-state index in [-0.39, 0.29) is 25.6 Å². The molecule has 0 aromatic rings. The fourth-order valence-electron chi connectivity index (χ4n) is 0.436. The molecular formula is C6H15O6P. The Morgan fingerprint density at radius 2 is 1.77 bits per heavy atom. The summed E-state index contributed by atoms with van der Waals surface area (Å²) in [6, 6.07) is 0. The quantitative estimate of drug-likeness (QED) is 0.490. The zero-order chi connectivity index (χ0) is 10.9. The number of hydrogen-bond donors (Lipinski definition) is 4. The van der Waals surface area contributed by atoms with Crippen LogP contribution in [-0.4, -0.2) is 38.7 Å². The van der Waals surface area contributed by atoms with E-state index < -0.39 is 13.6 Å². The molecule has 0 saturated heterocycles. The van der Waals surface area contributed by atoms with Gasteiger partial charge in [0.05, 0.1) is 6.16 Å². The highest BCUT2D eigenvalue weighted by molar-refractivity contribution is 7.51. The number of aliphatic hydroxyl groups is 1. The first-order valence-electron chi connectivity index (χ1n) is 3.70. The van der Waals surface area contributed by atoms with Gasteiger partial charge in [-0.05, 0) is 13.3 Å². The van der Waals surface area contributed by atoms with Crippen LogP contribution >= 0.6 is 7.60 Å². The smallest absolute Gasteiger partial charge is 0.325 e. The lowest BCUT2D eigenvalue weighted by atomic mass is 10.3. The molecule has 0 aromatic carbocycles. The molecule has 0 aliphatic carbocycles. The molecule has 0 heterocycles. The van der Waals surface area contributed by atoms with Crippen molar-refractivity contribution in [2.24, 2.45) is 0 Å². The Labute approximate surface area is 76.4 Å². The molecule has 0 bridgehead atoms. The topological polar surface area (TPSA) is 115 Å². The molecule has 0 fully saturated rings. The fraction of sp³-hybridized carbons (Fsp3) is 0.833. The maximum absolute atomic E-state index is 10.1. The highest BCUT2D eigenvalue weighted by Gasteiger charge is 2.12. The van der Waals surface area contributed by atoms with Gasteiger partial charge in [0, 0.05) is 13.0 Å². The van der Waals surface area contributed by atoms with Crippen molar-refractivity contribution in [3.05, 3.63) is 0 Å². The van der Waals surface area contributed by atoms with Crippen molar-refractivity contribution in [2.75, 3.05) is 12.8 Å². The first-order valence-corrected chi connectivity index (χ1v) is 5.50. The molecule has 0 amide bonds. The average molecular weight is 214 g/mol. The van der Waals surface area contributed by atoms with Gasteiger partial charge in [-0.25, -0.2) is 0 Å². The van der Waals surface area contributed by atoms with E-state index in [0.717, 1.165) is 0 Å². The monoisotopic (exact) mass is 214 g/mol. The molecule has 4 N–H and O–H groups in total. The third-order valence-electron chi connectivity index (χ3n) is 0.840. The summed E-state index contributed by atoms with van der Waals surface area (Å²) in [4.78, 5) is 26.3. The van der Waals surface area contributed by atoms with E-state index >= 15 is 0 Å². The second-order valence-electron chi connectivity index (χ2n) is 2.20. The van der Waals surface area contributed by atoms with Gasteiger partial charge < -0.3 is 20.0 Å². The predicted molar refractivity (Wildman–Crippen MR) is 46.5 cm³/mol. The molecule has 0 atom stereocenters. The van der Waals surface area contributed by atoms with Crippen molar-refractivity contribution in [2.45, 2.75) is 19.8 Å². The summed E-state index contributed by atoms with van der Waals surface area (Å²) in [6.45, 7) is 1.93. The van der Waals surface area contributed by atoms with Crippen molar-refractivity contribution in [3.63, 3.8) is 0 Å². The van der Waals surface area contributed by atoms with Crippen LogP contribution in [0.3, 0.4) is 0 Å². The lowest BCUT2D eigenvalue weighted by molar-refractivity contribution is -0.137. The van der Waals surface area contributed by atoms with Crippen molar-refractivity contribution in [3.8, 4) is 0 Å². The number of aliphatic hydroxyl groups excluding tert-OH is 1. The van der Waals surface area contributed by atoms with E-state index in [1.165, 1.54) is 0 Å². The number of aliphatic carboxylic acids is 1. The van der Waals surface area contributed by atoms with Crippen molar-refractivity contribution >= 4 is 13.6 Å². The summed E-state index contributed by atoms with van der Waals surface area (Å²) in [7, 11) is -3.99. The predicted octanol–water partition coefficient (Wildman–Crippen LogP) is 0.0275. The average Bonchev–Trinajstić information content (AvgIpc) is 1.84. The summed E-state index contributed by atoms with van der Waals surface area (Å²) >= 11 is 0. The normalized spacial score (nSPS) is 10.2. The van der Waals surface area contributed by atoms with E-state index in [4.69, 9.17) is 20.0 Å². The number of hydrogen-bond acceptors (Lipinski definition) is 3. The van der Waals surface area contributed by atoms with Crippen LogP contribution < -0.4 is 0 Å². The molecular weight excluding hydrogens is 199 g/mol. The van der Waals surface area contributed by atoms with Gasteiger partial charge in [0.25, 0.3) is 0 Å². The molecule has 0 saturated carbocycles. The lowest BCUT2D eigenvalue weighted by Crippen LogP contribution is -1.96. The molecule has 0 spiro atoms. The Morgan fingerprint density at radius 1 is 1.38 bits per heavy atom. The minimum Gasteiger partial charge on any atom is -0.481 e. The largest absolute Gasteiger partial charge is 0.481 e. The third-order valence-corrected chi connectivity index (χ3v) is 1.74. The second kappa shape index (κ2) is 8.19. The summed E-state index contributed by atoms with van der Waals surface area (Å²) < 4.78 is 10.1. The van der Waals surface area contributed by atoms with Gasteiger partial charge >= 0.3 is 13.6 Å². The van der Waals surface area contributed by atoms with Gasteiger partial charge in [-0.3, -0.25) is 9.36 Å². The second-order valence-corrected chi connectivity index (χ2v) is 3.98. The summed E-state index contributed by atoms with van der Waals surface area (Å²) in [5, 5.41) is 15.6. The van der Waals surface area contributed by atoms with Crippen LogP contribution in [0.15, 0.2) is 0 Å². The van der Waals surface area contributed by atoms with Crippen LogP contribution in [0.4, 0.5) is 0 Å². The van der Waals surface area contributed by atoms with E-state index in [0.29, 0.717) is 0 Å². The van der Waals surface area contributed by atoms with Crippen molar-refractivity contribution in [1.82, 2.24) is 0 Å². The minimum absolute atomic E-state index is 0.0274. The van der Waals surface area contributed by atoms with Crippen LogP contribution in [0.1, 0.15) is 19.8 Å². The van der Waals surface area contributed by atoms with Gasteiger partial charge in [-0.2, -0.15) is 0 Å². The van der Waals surface area contributed by atoms with Gasteiger partial charge in [-0.15, -0.1) is 0 Å². The van der Waals surface area contributed by atoms with Gasteiger partial charge in [0.15, 0.2) is 0 Å². The summed E-state index contributed by atoms with van der Waals surface area (Å²) in [5.74, 6) is -1.03. The van der Waals surface area contributed by atoms with Crippen molar-refractivity contribution < 1.29 is 29.4 Å². The SMILES string of the molecule is CCO.O=C(O)CCCP(=O)(O)O. The minimum atomic E-state index is -3.99. The van der Waals surface area contributed by atoms with Gasteiger partial charge in [0.1, 0.15) is 0 Å². The molecule has 0 unspecified atom stereocenters. The van der Waals surface area contributed by atoms with E-state index in [1.807, 2.05) is 0 Å². The Morgan fingerprint density at radius 3 is 2.00 bits per heavy atom. The van der Waals surface area contributed by atoms with Crippen LogP contribution in [0, 0.1) is 0 Å². The van der Waals surface area contributed by atoms with E-state index in [9.17, 15) is 9.36 Å². The van der Waals surface area contributed by atoms with Crippen LogP contribution in [-0.2, 0) is 9.36 Å². The zero-order valence-electron chi connectivity index (χ0n) is 7.38. The Bertz CT molecular complexity index is 174. The van der Waals surface area contributed by atoms with E-state index in [1.54, 1.807) is 6.92 Å².